The van der Waals surface area contributed by atoms with E-state index in [2.05, 4.69) is 4.74 Å². The number of benzene rings is 1. The standard InChI is InChI=1S/C14H11F3O2S/c1-8-7-9(2)20-13(8)12(18)10-3-5-11(6-4-10)19-14(15,16)17/h3-7H,1-2H3. The summed E-state index contributed by atoms with van der Waals surface area (Å²) in [6, 6.07) is 6.84. The van der Waals surface area contributed by atoms with Crippen LogP contribution in [0, 0.1) is 13.8 Å². The van der Waals surface area contributed by atoms with Crippen LogP contribution in [0.4, 0.5) is 13.2 Å². The Balaban J connectivity index is 2.22. The number of thiophene rings is 1. The zero-order valence-electron chi connectivity index (χ0n) is 10.7. The molecule has 0 bridgehead atoms. The molecule has 0 spiro atoms. The molecule has 6 heteroatoms. The average Bonchev–Trinajstić information content (AvgIpc) is 2.66. The number of aryl methyl sites for hydroxylation is 2. The average molecular weight is 300 g/mol. The Labute approximate surface area is 117 Å². The lowest BCUT2D eigenvalue weighted by Gasteiger charge is -2.08. The third-order valence-electron chi connectivity index (χ3n) is 2.60. The topological polar surface area (TPSA) is 26.3 Å². The fourth-order valence-electron chi connectivity index (χ4n) is 1.81. The zero-order chi connectivity index (χ0) is 14.9. The highest BCUT2D eigenvalue weighted by Crippen LogP contribution is 2.26. The summed E-state index contributed by atoms with van der Waals surface area (Å²) in [5, 5.41) is 0. The Morgan fingerprint density at radius 1 is 1.15 bits per heavy atom. The van der Waals surface area contributed by atoms with Crippen LogP contribution in [-0.4, -0.2) is 12.1 Å². The molecule has 2 aromatic rings. The van der Waals surface area contributed by atoms with Crippen molar-refractivity contribution in [3.05, 3.63) is 51.2 Å². The van der Waals surface area contributed by atoms with Crippen LogP contribution < -0.4 is 4.74 Å². The summed E-state index contributed by atoms with van der Waals surface area (Å²) in [4.78, 5) is 13.8. The van der Waals surface area contributed by atoms with Gasteiger partial charge >= 0.3 is 6.36 Å². The van der Waals surface area contributed by atoms with Crippen LogP contribution >= 0.6 is 11.3 Å². The minimum absolute atomic E-state index is 0.195. The second-order valence-corrected chi connectivity index (χ2v) is 5.53. The molecule has 2 rings (SSSR count). The largest absolute Gasteiger partial charge is 0.573 e. The highest BCUT2D eigenvalue weighted by molar-refractivity contribution is 7.14. The maximum Gasteiger partial charge on any atom is 0.573 e. The molecule has 0 saturated heterocycles. The van der Waals surface area contributed by atoms with E-state index in [1.165, 1.54) is 23.5 Å². The summed E-state index contributed by atoms with van der Waals surface area (Å²) >= 11 is 1.37. The van der Waals surface area contributed by atoms with Gasteiger partial charge in [0.25, 0.3) is 0 Å². The highest BCUT2D eigenvalue weighted by atomic mass is 32.1. The van der Waals surface area contributed by atoms with E-state index < -0.39 is 6.36 Å². The minimum Gasteiger partial charge on any atom is -0.406 e. The van der Waals surface area contributed by atoms with Crippen molar-refractivity contribution in [1.29, 1.82) is 0 Å². The van der Waals surface area contributed by atoms with E-state index in [4.69, 9.17) is 0 Å². The summed E-state index contributed by atoms with van der Waals surface area (Å²) < 4.78 is 39.9. The molecule has 0 radical (unpaired) electrons. The summed E-state index contributed by atoms with van der Waals surface area (Å²) in [6.07, 6.45) is -4.73. The molecule has 0 aliphatic rings. The van der Waals surface area contributed by atoms with Crippen molar-refractivity contribution >= 4 is 17.1 Å². The van der Waals surface area contributed by atoms with E-state index in [-0.39, 0.29) is 11.5 Å². The fraction of sp³-hybridized carbons (Fsp3) is 0.214. The van der Waals surface area contributed by atoms with Crippen molar-refractivity contribution in [2.45, 2.75) is 20.2 Å². The monoisotopic (exact) mass is 300 g/mol. The van der Waals surface area contributed by atoms with Gasteiger partial charge in [0, 0.05) is 10.4 Å². The predicted molar refractivity (Wildman–Crippen MR) is 70.4 cm³/mol. The van der Waals surface area contributed by atoms with E-state index >= 15 is 0 Å². The van der Waals surface area contributed by atoms with Gasteiger partial charge in [-0.3, -0.25) is 4.79 Å². The van der Waals surface area contributed by atoms with Crippen LogP contribution in [0.2, 0.25) is 0 Å². The van der Waals surface area contributed by atoms with Crippen LogP contribution in [0.5, 0.6) is 5.75 Å². The molecule has 1 aromatic carbocycles. The Morgan fingerprint density at radius 3 is 2.20 bits per heavy atom. The first-order chi connectivity index (χ1) is 9.26. The molecule has 20 heavy (non-hydrogen) atoms. The SMILES string of the molecule is Cc1cc(C)c(C(=O)c2ccc(OC(F)(F)F)cc2)s1. The number of carbonyl (C=O) groups excluding carboxylic acids is 1. The van der Waals surface area contributed by atoms with E-state index in [9.17, 15) is 18.0 Å². The van der Waals surface area contributed by atoms with Crippen molar-refractivity contribution in [2.75, 3.05) is 0 Å². The molecule has 0 aliphatic heterocycles. The fourth-order valence-corrected chi connectivity index (χ4v) is 2.79. The van der Waals surface area contributed by atoms with Gasteiger partial charge in [-0.25, -0.2) is 0 Å². The van der Waals surface area contributed by atoms with Gasteiger partial charge in [-0.1, -0.05) is 0 Å². The van der Waals surface area contributed by atoms with E-state index in [0.29, 0.717) is 10.4 Å². The van der Waals surface area contributed by atoms with E-state index in [1.807, 2.05) is 19.9 Å². The molecule has 0 amide bonds. The first-order valence-corrected chi connectivity index (χ1v) is 6.55. The van der Waals surface area contributed by atoms with Crippen molar-refractivity contribution in [1.82, 2.24) is 0 Å². The van der Waals surface area contributed by atoms with E-state index in [0.717, 1.165) is 22.6 Å². The molecule has 1 aromatic heterocycles. The normalized spacial score (nSPS) is 11.4. The van der Waals surface area contributed by atoms with Gasteiger partial charge < -0.3 is 4.74 Å². The van der Waals surface area contributed by atoms with Gasteiger partial charge in [0.1, 0.15) is 5.75 Å². The predicted octanol–water partition coefficient (Wildman–Crippen LogP) is 4.49. The molecule has 2 nitrogen and oxygen atoms in total. The van der Waals surface area contributed by atoms with Crippen molar-refractivity contribution in [2.24, 2.45) is 0 Å². The van der Waals surface area contributed by atoms with Gasteiger partial charge in [-0.2, -0.15) is 0 Å². The van der Waals surface area contributed by atoms with Gasteiger partial charge in [0.2, 0.25) is 5.78 Å². The second kappa shape index (κ2) is 5.28. The smallest absolute Gasteiger partial charge is 0.406 e. The Kier molecular flexibility index (Phi) is 3.85. The van der Waals surface area contributed by atoms with Crippen molar-refractivity contribution in [3.8, 4) is 5.75 Å². The maximum atomic E-state index is 12.2. The highest BCUT2D eigenvalue weighted by Gasteiger charge is 2.31. The molecular formula is C14H11F3O2S. The number of hydrogen-bond donors (Lipinski definition) is 0. The number of ketones is 1. The molecule has 0 fully saturated rings. The molecule has 0 N–H and O–H groups in total. The summed E-state index contributed by atoms with van der Waals surface area (Å²) in [7, 11) is 0. The summed E-state index contributed by atoms with van der Waals surface area (Å²) in [5.74, 6) is -0.535. The van der Waals surface area contributed by atoms with Gasteiger partial charge in [-0.05, 0) is 49.7 Å². The number of alkyl halides is 3. The Bertz CT molecular complexity index is 627. The number of hydrogen-bond acceptors (Lipinski definition) is 3. The Morgan fingerprint density at radius 2 is 1.75 bits per heavy atom. The number of ether oxygens (including phenoxy) is 1. The van der Waals surface area contributed by atoms with E-state index in [1.54, 1.807) is 0 Å². The van der Waals surface area contributed by atoms with Gasteiger partial charge in [0.05, 0.1) is 4.88 Å². The molecule has 1 heterocycles. The lowest BCUT2D eigenvalue weighted by Crippen LogP contribution is -2.17. The number of carbonyl (C=O) groups is 1. The van der Waals surface area contributed by atoms with Crippen molar-refractivity contribution in [3.63, 3.8) is 0 Å². The van der Waals surface area contributed by atoms with Crippen LogP contribution in [-0.2, 0) is 0 Å². The summed E-state index contributed by atoms with van der Waals surface area (Å²) in [5.41, 5.74) is 1.21. The minimum atomic E-state index is -4.73. The lowest BCUT2D eigenvalue weighted by atomic mass is 10.1. The lowest BCUT2D eigenvalue weighted by molar-refractivity contribution is -0.274. The van der Waals surface area contributed by atoms with Crippen molar-refractivity contribution < 1.29 is 22.7 Å². The zero-order valence-corrected chi connectivity index (χ0v) is 11.6. The molecule has 0 aliphatic carbocycles. The molecular weight excluding hydrogens is 289 g/mol. The summed E-state index contributed by atoms with van der Waals surface area (Å²) in [6.45, 7) is 3.73. The van der Waals surface area contributed by atoms with Gasteiger partial charge in [-0.15, -0.1) is 24.5 Å². The van der Waals surface area contributed by atoms with Crippen LogP contribution in [0.25, 0.3) is 0 Å². The maximum absolute atomic E-state index is 12.2. The number of halogens is 3. The molecule has 106 valence electrons. The second-order valence-electron chi connectivity index (χ2n) is 4.27. The number of rotatable bonds is 3. The quantitative estimate of drug-likeness (QED) is 0.780. The molecule has 0 atom stereocenters. The first-order valence-electron chi connectivity index (χ1n) is 5.74. The van der Waals surface area contributed by atoms with Crippen LogP contribution in [0.3, 0.4) is 0 Å². The third-order valence-corrected chi connectivity index (χ3v) is 3.75. The third kappa shape index (κ3) is 3.39. The van der Waals surface area contributed by atoms with Crippen LogP contribution in [0.1, 0.15) is 25.7 Å². The molecule has 0 unspecified atom stereocenters. The van der Waals surface area contributed by atoms with Crippen LogP contribution in [0.15, 0.2) is 30.3 Å². The van der Waals surface area contributed by atoms with Gasteiger partial charge in [0.15, 0.2) is 0 Å². The molecule has 0 saturated carbocycles. The Hall–Kier alpha value is -1.82. The first kappa shape index (κ1) is 14.6.